The van der Waals surface area contributed by atoms with Crippen LogP contribution < -0.4 is 0 Å². The third-order valence-electron chi connectivity index (χ3n) is 2.08. The van der Waals surface area contributed by atoms with Gasteiger partial charge in [-0.2, -0.15) is 0 Å². The second kappa shape index (κ2) is 4.60. The van der Waals surface area contributed by atoms with Gasteiger partial charge in [0.15, 0.2) is 0 Å². The van der Waals surface area contributed by atoms with Crippen LogP contribution in [0.4, 0.5) is 4.79 Å². The summed E-state index contributed by atoms with van der Waals surface area (Å²) in [6.07, 6.45) is 1.29. The Kier molecular flexibility index (Phi) is 3.62. The Morgan fingerprint density at radius 1 is 1.50 bits per heavy atom. The third kappa shape index (κ3) is 3.61. The Bertz CT molecular complexity index is 363. The molecule has 0 radical (unpaired) electrons. The van der Waals surface area contributed by atoms with Crippen molar-refractivity contribution in [2.24, 2.45) is 0 Å². The molecule has 0 aliphatic carbocycles. The Hall–Kier alpha value is -1.45. The zero-order valence-electron chi connectivity index (χ0n) is 10.5. The highest BCUT2D eigenvalue weighted by molar-refractivity contribution is 5.67. The van der Waals surface area contributed by atoms with Crippen LogP contribution in [0.2, 0.25) is 0 Å². The molecule has 90 valence electrons. The first-order chi connectivity index (χ1) is 7.29. The van der Waals surface area contributed by atoms with Gasteiger partial charge in [-0.3, -0.25) is 0 Å². The van der Waals surface area contributed by atoms with Crippen LogP contribution in [0.1, 0.15) is 32.1 Å². The summed E-state index contributed by atoms with van der Waals surface area (Å²) in [7, 11) is 1.71. The van der Waals surface area contributed by atoms with Gasteiger partial charge in [-0.1, -0.05) is 0 Å². The first kappa shape index (κ1) is 12.6. The molecule has 0 aromatic carbocycles. The number of amides is 1. The van der Waals surface area contributed by atoms with Gasteiger partial charge >= 0.3 is 6.09 Å². The number of ether oxygens (including phenoxy) is 1. The summed E-state index contributed by atoms with van der Waals surface area (Å²) in [5.41, 5.74) is 0.532. The molecule has 0 fully saturated rings. The van der Waals surface area contributed by atoms with Crippen LogP contribution in [0, 0.1) is 6.92 Å². The lowest BCUT2D eigenvalue weighted by atomic mass is 10.2. The first-order valence-electron chi connectivity index (χ1n) is 5.26. The molecule has 0 saturated heterocycles. The van der Waals surface area contributed by atoms with Gasteiger partial charge in [0, 0.05) is 12.6 Å². The van der Waals surface area contributed by atoms with Gasteiger partial charge in [0.1, 0.15) is 11.4 Å². The second-order valence-corrected chi connectivity index (χ2v) is 4.84. The molecule has 0 bridgehead atoms. The molecule has 1 rings (SSSR count). The van der Waals surface area contributed by atoms with E-state index in [0.29, 0.717) is 6.54 Å². The van der Waals surface area contributed by atoms with E-state index in [2.05, 4.69) is 0 Å². The van der Waals surface area contributed by atoms with Crippen LogP contribution in [0.3, 0.4) is 0 Å². The second-order valence-electron chi connectivity index (χ2n) is 4.84. The van der Waals surface area contributed by atoms with Gasteiger partial charge in [-0.05, 0) is 33.8 Å². The van der Waals surface area contributed by atoms with Gasteiger partial charge in [0.05, 0.1) is 12.8 Å². The van der Waals surface area contributed by atoms with Crippen LogP contribution in [0.25, 0.3) is 0 Å². The van der Waals surface area contributed by atoms with Crippen LogP contribution in [0.15, 0.2) is 16.7 Å². The van der Waals surface area contributed by atoms with Crippen LogP contribution >= 0.6 is 0 Å². The Morgan fingerprint density at radius 3 is 2.56 bits per heavy atom. The summed E-state index contributed by atoms with van der Waals surface area (Å²) >= 11 is 0. The van der Waals surface area contributed by atoms with E-state index >= 15 is 0 Å². The van der Waals surface area contributed by atoms with E-state index < -0.39 is 5.60 Å². The van der Waals surface area contributed by atoms with Crippen molar-refractivity contribution in [3.63, 3.8) is 0 Å². The monoisotopic (exact) mass is 225 g/mol. The van der Waals surface area contributed by atoms with Gasteiger partial charge in [0.2, 0.25) is 0 Å². The first-order valence-corrected chi connectivity index (χ1v) is 5.26. The molecule has 0 atom stereocenters. The topological polar surface area (TPSA) is 42.7 Å². The van der Waals surface area contributed by atoms with Crippen LogP contribution in [-0.2, 0) is 11.3 Å². The lowest BCUT2D eigenvalue weighted by Gasteiger charge is -2.24. The summed E-state index contributed by atoms with van der Waals surface area (Å²) in [6, 6.07) is 1.86. The maximum Gasteiger partial charge on any atom is 0.410 e. The maximum absolute atomic E-state index is 11.7. The van der Waals surface area contributed by atoms with Crippen molar-refractivity contribution in [3.05, 3.63) is 23.7 Å². The highest BCUT2D eigenvalue weighted by Gasteiger charge is 2.20. The van der Waals surface area contributed by atoms with Crippen molar-refractivity contribution in [3.8, 4) is 0 Å². The normalized spacial score (nSPS) is 11.3. The predicted molar refractivity (Wildman–Crippen MR) is 61.1 cm³/mol. The van der Waals surface area contributed by atoms with Crippen molar-refractivity contribution in [2.75, 3.05) is 7.05 Å². The summed E-state index contributed by atoms with van der Waals surface area (Å²) in [5.74, 6) is 0.829. The van der Waals surface area contributed by atoms with Gasteiger partial charge in [-0.25, -0.2) is 4.79 Å². The molecule has 4 heteroatoms. The molecular weight excluding hydrogens is 206 g/mol. The molecule has 1 heterocycles. The van der Waals surface area contributed by atoms with Crippen molar-refractivity contribution in [2.45, 2.75) is 39.8 Å². The molecule has 1 aromatic heterocycles. The number of carbonyl (C=O) groups is 1. The molecule has 4 nitrogen and oxygen atoms in total. The fourth-order valence-electron chi connectivity index (χ4n) is 1.24. The quantitative estimate of drug-likeness (QED) is 0.777. The van der Waals surface area contributed by atoms with Crippen molar-refractivity contribution < 1.29 is 13.9 Å². The summed E-state index contributed by atoms with van der Waals surface area (Å²) in [4.78, 5) is 13.2. The molecule has 0 N–H and O–H groups in total. The molecule has 0 aliphatic rings. The predicted octanol–water partition coefficient (Wildman–Crippen LogP) is 2.95. The summed E-state index contributed by atoms with van der Waals surface area (Å²) < 4.78 is 10.4. The van der Waals surface area contributed by atoms with E-state index in [1.807, 2.05) is 33.8 Å². The average molecular weight is 225 g/mol. The van der Waals surface area contributed by atoms with Crippen molar-refractivity contribution in [1.82, 2.24) is 4.90 Å². The molecular formula is C12H19NO3. The highest BCUT2D eigenvalue weighted by atomic mass is 16.6. The lowest BCUT2D eigenvalue weighted by Crippen LogP contribution is -2.33. The third-order valence-corrected chi connectivity index (χ3v) is 2.08. The summed E-state index contributed by atoms with van der Waals surface area (Å²) in [5, 5.41) is 0. The Balaban J connectivity index is 2.56. The smallest absolute Gasteiger partial charge is 0.410 e. The molecule has 1 amide bonds. The number of aryl methyl sites for hydroxylation is 1. The van der Waals surface area contributed by atoms with E-state index in [4.69, 9.17) is 9.15 Å². The number of hydrogen-bond donors (Lipinski definition) is 0. The fraction of sp³-hybridized carbons (Fsp3) is 0.583. The van der Waals surface area contributed by atoms with Gasteiger partial charge < -0.3 is 14.1 Å². The zero-order valence-corrected chi connectivity index (χ0v) is 10.5. The zero-order chi connectivity index (χ0) is 12.3. The molecule has 16 heavy (non-hydrogen) atoms. The lowest BCUT2D eigenvalue weighted by molar-refractivity contribution is 0.0284. The number of hydrogen-bond acceptors (Lipinski definition) is 3. The standard InChI is InChI=1S/C12H19NO3/c1-9-10(6-7-15-9)8-13(5)11(14)16-12(2,3)4/h6-7H,8H2,1-5H3. The van der Waals surface area contributed by atoms with E-state index in [9.17, 15) is 4.79 Å². The Labute approximate surface area is 96.2 Å². The number of furan rings is 1. The van der Waals surface area contributed by atoms with Crippen LogP contribution in [-0.4, -0.2) is 23.6 Å². The number of rotatable bonds is 2. The van der Waals surface area contributed by atoms with E-state index in [-0.39, 0.29) is 6.09 Å². The average Bonchev–Trinajstić information content (AvgIpc) is 2.49. The summed E-state index contributed by atoms with van der Waals surface area (Å²) in [6.45, 7) is 7.92. The van der Waals surface area contributed by atoms with Gasteiger partial charge in [0.25, 0.3) is 0 Å². The molecule has 0 aliphatic heterocycles. The number of nitrogens with zero attached hydrogens (tertiary/aromatic N) is 1. The molecule has 0 unspecified atom stereocenters. The van der Waals surface area contributed by atoms with Crippen molar-refractivity contribution >= 4 is 6.09 Å². The van der Waals surface area contributed by atoms with Crippen molar-refractivity contribution in [1.29, 1.82) is 0 Å². The minimum atomic E-state index is -0.462. The van der Waals surface area contributed by atoms with E-state index in [0.717, 1.165) is 11.3 Å². The van der Waals surface area contributed by atoms with Crippen LogP contribution in [0.5, 0.6) is 0 Å². The molecule has 1 aromatic rings. The minimum Gasteiger partial charge on any atom is -0.469 e. The number of carbonyl (C=O) groups excluding carboxylic acids is 1. The minimum absolute atomic E-state index is 0.326. The molecule has 0 spiro atoms. The van der Waals surface area contributed by atoms with E-state index in [1.165, 1.54) is 4.90 Å². The largest absolute Gasteiger partial charge is 0.469 e. The maximum atomic E-state index is 11.7. The van der Waals surface area contributed by atoms with Gasteiger partial charge in [-0.15, -0.1) is 0 Å². The highest BCUT2D eigenvalue weighted by Crippen LogP contribution is 2.14. The van der Waals surface area contributed by atoms with E-state index in [1.54, 1.807) is 13.3 Å². The fourth-order valence-corrected chi connectivity index (χ4v) is 1.24. The SMILES string of the molecule is Cc1occc1CN(C)C(=O)OC(C)(C)C. The Morgan fingerprint density at radius 2 is 2.12 bits per heavy atom. The molecule has 0 saturated carbocycles.